The first-order valence-corrected chi connectivity index (χ1v) is 10.0. The molecule has 0 amide bonds. The molecule has 0 radical (unpaired) electrons. The number of rotatable bonds is 16. The van der Waals surface area contributed by atoms with Crippen LogP contribution in [0, 0.1) is 0 Å². The van der Waals surface area contributed by atoms with Gasteiger partial charge in [-0.15, -0.1) is 0 Å². The number of aliphatic hydroxyl groups excluding tert-OH is 1. The fourth-order valence-electron chi connectivity index (χ4n) is 2.22. The van der Waals surface area contributed by atoms with E-state index >= 15 is 0 Å². The molecular weight excluding hydrogens is 320 g/mol. The SMILES string of the molecule is CC/C=C\C/C=C\C/C=C\C/C=C\C/C=C\CCCC=C(CO)OCC. The molecular formula is C24H38O2. The summed E-state index contributed by atoms with van der Waals surface area (Å²) in [5.74, 6) is 0.691. The highest BCUT2D eigenvalue weighted by Crippen LogP contribution is 2.04. The number of aliphatic hydroxyl groups is 1. The molecule has 0 aliphatic heterocycles. The lowest BCUT2D eigenvalue weighted by atomic mass is 10.2. The highest BCUT2D eigenvalue weighted by Gasteiger charge is 1.92. The molecule has 26 heavy (non-hydrogen) atoms. The first-order valence-electron chi connectivity index (χ1n) is 10.0. The van der Waals surface area contributed by atoms with Crippen molar-refractivity contribution in [1.82, 2.24) is 0 Å². The van der Waals surface area contributed by atoms with E-state index in [1.54, 1.807) is 0 Å². The molecule has 0 aromatic heterocycles. The third kappa shape index (κ3) is 18.5. The number of ether oxygens (including phenoxy) is 1. The fourth-order valence-corrected chi connectivity index (χ4v) is 2.22. The lowest BCUT2D eigenvalue weighted by Crippen LogP contribution is -1.96. The maximum absolute atomic E-state index is 9.08. The van der Waals surface area contributed by atoms with Crippen LogP contribution in [0.25, 0.3) is 0 Å². The lowest BCUT2D eigenvalue weighted by Gasteiger charge is -2.04. The molecule has 0 fully saturated rings. The molecule has 2 heteroatoms. The van der Waals surface area contributed by atoms with E-state index in [9.17, 15) is 0 Å². The Balaban J connectivity index is 3.58. The molecule has 0 heterocycles. The summed E-state index contributed by atoms with van der Waals surface area (Å²) in [7, 11) is 0. The van der Waals surface area contributed by atoms with Gasteiger partial charge in [-0.1, -0.05) is 67.7 Å². The highest BCUT2D eigenvalue weighted by molar-refractivity contribution is 5.00. The van der Waals surface area contributed by atoms with Crippen molar-refractivity contribution >= 4 is 0 Å². The van der Waals surface area contributed by atoms with Crippen LogP contribution >= 0.6 is 0 Å². The monoisotopic (exact) mass is 358 g/mol. The lowest BCUT2D eigenvalue weighted by molar-refractivity contribution is 0.170. The van der Waals surface area contributed by atoms with E-state index in [0.29, 0.717) is 12.4 Å². The van der Waals surface area contributed by atoms with Crippen molar-refractivity contribution in [1.29, 1.82) is 0 Å². The van der Waals surface area contributed by atoms with Crippen LogP contribution in [0.4, 0.5) is 0 Å². The zero-order valence-corrected chi connectivity index (χ0v) is 16.8. The second-order valence-electron chi connectivity index (χ2n) is 5.90. The molecule has 0 bridgehead atoms. The van der Waals surface area contributed by atoms with Gasteiger partial charge in [0.25, 0.3) is 0 Å². The third-order valence-electron chi connectivity index (χ3n) is 3.59. The Kier molecular flexibility index (Phi) is 19.8. The van der Waals surface area contributed by atoms with E-state index in [2.05, 4.69) is 67.7 Å². The Hall–Kier alpha value is -1.80. The van der Waals surface area contributed by atoms with Gasteiger partial charge in [0.2, 0.25) is 0 Å². The number of unbranched alkanes of at least 4 members (excludes halogenated alkanes) is 2. The van der Waals surface area contributed by atoms with Crippen LogP contribution in [0.5, 0.6) is 0 Å². The molecule has 0 aliphatic carbocycles. The van der Waals surface area contributed by atoms with Crippen LogP contribution in [0.2, 0.25) is 0 Å². The Bertz CT molecular complexity index is 465. The summed E-state index contributed by atoms with van der Waals surface area (Å²) in [6, 6.07) is 0. The summed E-state index contributed by atoms with van der Waals surface area (Å²) >= 11 is 0. The standard InChI is InChI=1S/C24H38O2/c1-3-5-6-7-8-9-10-11-12-13-14-15-16-17-18-19-20-21-22-24(23-25)26-4-2/h5-6,8-9,11-12,14-15,17-18,22,25H,3-4,7,10,13,16,19-21,23H2,1-2H3/b6-5-,9-8-,12-11-,15-14-,18-17-,24-22?. The predicted octanol–water partition coefficient (Wildman–Crippen LogP) is 6.82. The molecule has 0 spiro atoms. The van der Waals surface area contributed by atoms with E-state index in [1.807, 2.05) is 13.0 Å². The summed E-state index contributed by atoms with van der Waals surface area (Å²) in [5, 5.41) is 9.08. The van der Waals surface area contributed by atoms with Crippen LogP contribution < -0.4 is 0 Å². The minimum atomic E-state index is -0.00445. The molecule has 0 saturated carbocycles. The molecule has 0 atom stereocenters. The average molecular weight is 359 g/mol. The van der Waals surface area contributed by atoms with Gasteiger partial charge in [-0.05, 0) is 64.4 Å². The Morgan fingerprint density at radius 1 is 0.692 bits per heavy atom. The minimum Gasteiger partial charge on any atom is -0.496 e. The topological polar surface area (TPSA) is 29.5 Å². The first kappa shape index (κ1) is 24.2. The van der Waals surface area contributed by atoms with Crippen molar-refractivity contribution in [3.05, 3.63) is 72.6 Å². The van der Waals surface area contributed by atoms with Gasteiger partial charge in [0.05, 0.1) is 6.61 Å². The maximum Gasteiger partial charge on any atom is 0.117 e. The van der Waals surface area contributed by atoms with Gasteiger partial charge < -0.3 is 9.84 Å². The van der Waals surface area contributed by atoms with E-state index in [0.717, 1.165) is 51.4 Å². The molecule has 0 rings (SSSR count). The quantitative estimate of drug-likeness (QED) is 0.186. The van der Waals surface area contributed by atoms with Crippen LogP contribution in [0.1, 0.15) is 65.2 Å². The van der Waals surface area contributed by atoms with Gasteiger partial charge in [0.15, 0.2) is 0 Å². The molecule has 0 unspecified atom stereocenters. The molecule has 2 nitrogen and oxygen atoms in total. The Morgan fingerprint density at radius 3 is 1.65 bits per heavy atom. The summed E-state index contributed by atoms with van der Waals surface area (Å²) in [5.41, 5.74) is 0. The molecule has 0 aromatic carbocycles. The third-order valence-corrected chi connectivity index (χ3v) is 3.59. The van der Waals surface area contributed by atoms with E-state index in [1.165, 1.54) is 0 Å². The zero-order chi connectivity index (χ0) is 19.1. The molecule has 0 aromatic rings. The van der Waals surface area contributed by atoms with Gasteiger partial charge in [-0.2, -0.15) is 0 Å². The molecule has 0 saturated heterocycles. The number of hydrogen-bond donors (Lipinski definition) is 1. The Morgan fingerprint density at radius 2 is 1.19 bits per heavy atom. The number of allylic oxidation sites excluding steroid dienone is 11. The van der Waals surface area contributed by atoms with Crippen LogP contribution in [0.3, 0.4) is 0 Å². The van der Waals surface area contributed by atoms with Crippen LogP contribution in [-0.4, -0.2) is 18.3 Å². The summed E-state index contributed by atoms with van der Waals surface area (Å²) < 4.78 is 5.30. The van der Waals surface area contributed by atoms with Crippen molar-refractivity contribution in [3.8, 4) is 0 Å². The van der Waals surface area contributed by atoms with Crippen LogP contribution in [-0.2, 0) is 4.74 Å². The van der Waals surface area contributed by atoms with Crippen molar-refractivity contribution in [2.24, 2.45) is 0 Å². The van der Waals surface area contributed by atoms with Crippen molar-refractivity contribution in [3.63, 3.8) is 0 Å². The number of hydrogen-bond acceptors (Lipinski definition) is 2. The summed E-state index contributed by atoms with van der Waals surface area (Å²) in [4.78, 5) is 0. The molecule has 146 valence electrons. The second kappa shape index (κ2) is 21.2. The van der Waals surface area contributed by atoms with Crippen molar-refractivity contribution < 1.29 is 9.84 Å². The second-order valence-corrected chi connectivity index (χ2v) is 5.90. The van der Waals surface area contributed by atoms with Gasteiger partial charge >= 0.3 is 0 Å². The molecule has 1 N–H and O–H groups in total. The van der Waals surface area contributed by atoms with Crippen molar-refractivity contribution in [2.45, 2.75) is 65.2 Å². The summed E-state index contributed by atoms with van der Waals surface area (Å²) in [6.45, 7) is 4.69. The fraction of sp³-hybridized carbons (Fsp3) is 0.500. The molecule has 0 aliphatic rings. The summed E-state index contributed by atoms with van der Waals surface area (Å²) in [6.07, 6.45) is 32.4. The van der Waals surface area contributed by atoms with E-state index in [4.69, 9.17) is 9.84 Å². The zero-order valence-electron chi connectivity index (χ0n) is 16.8. The van der Waals surface area contributed by atoms with E-state index in [-0.39, 0.29) is 6.61 Å². The van der Waals surface area contributed by atoms with E-state index < -0.39 is 0 Å². The minimum absolute atomic E-state index is 0.00445. The van der Waals surface area contributed by atoms with Crippen molar-refractivity contribution in [2.75, 3.05) is 13.2 Å². The van der Waals surface area contributed by atoms with Gasteiger partial charge in [0, 0.05) is 0 Å². The average Bonchev–Trinajstić information content (AvgIpc) is 2.66. The smallest absolute Gasteiger partial charge is 0.117 e. The van der Waals surface area contributed by atoms with Gasteiger partial charge in [0.1, 0.15) is 12.4 Å². The largest absolute Gasteiger partial charge is 0.496 e. The highest BCUT2D eigenvalue weighted by atomic mass is 16.5. The predicted molar refractivity (Wildman–Crippen MR) is 115 cm³/mol. The first-order chi connectivity index (χ1) is 12.8. The van der Waals surface area contributed by atoms with Gasteiger partial charge in [-0.3, -0.25) is 0 Å². The van der Waals surface area contributed by atoms with Crippen LogP contribution in [0.15, 0.2) is 72.6 Å². The normalized spacial score (nSPS) is 13.4. The maximum atomic E-state index is 9.08. The van der Waals surface area contributed by atoms with Gasteiger partial charge in [-0.25, -0.2) is 0 Å². The Labute approximate surface area is 161 Å².